The summed E-state index contributed by atoms with van der Waals surface area (Å²) in [6, 6.07) is 4.17. The topological polar surface area (TPSA) is 12.0 Å². The highest BCUT2D eigenvalue weighted by Gasteiger charge is 2.24. The van der Waals surface area contributed by atoms with E-state index in [0.717, 1.165) is 14.9 Å². The highest BCUT2D eigenvalue weighted by Crippen LogP contribution is 2.33. The first kappa shape index (κ1) is 16.3. The van der Waals surface area contributed by atoms with Crippen LogP contribution in [0, 0.1) is 14.5 Å². The summed E-state index contributed by atoms with van der Waals surface area (Å²) in [6.07, 6.45) is 0.898. The molecule has 0 aliphatic carbocycles. The van der Waals surface area contributed by atoms with Crippen molar-refractivity contribution in [3.63, 3.8) is 0 Å². The molecule has 0 fully saturated rings. The van der Waals surface area contributed by atoms with E-state index < -0.39 is 17.7 Å². The van der Waals surface area contributed by atoms with Gasteiger partial charge in [-0.3, -0.25) is 0 Å². The smallest absolute Gasteiger partial charge is 0.145 e. The lowest BCUT2D eigenvalue weighted by Crippen LogP contribution is -2.25. The predicted molar refractivity (Wildman–Crippen MR) is 91.2 cm³/mol. The molecule has 1 atom stereocenters. The molecule has 1 N–H and O–H groups in total. The van der Waals surface area contributed by atoms with E-state index in [-0.39, 0.29) is 10.0 Å². The Morgan fingerprint density at radius 2 is 2.15 bits per heavy atom. The van der Waals surface area contributed by atoms with Crippen LogP contribution < -0.4 is 5.32 Å². The van der Waals surface area contributed by atoms with Crippen molar-refractivity contribution in [3.05, 3.63) is 53.7 Å². The van der Waals surface area contributed by atoms with Crippen LogP contribution in [0.2, 0.25) is 0 Å². The Labute approximate surface area is 143 Å². The van der Waals surface area contributed by atoms with E-state index >= 15 is 0 Å². The molecular weight excluding hydrogens is 459 g/mol. The second kappa shape index (κ2) is 7.29. The van der Waals surface area contributed by atoms with E-state index in [4.69, 9.17) is 0 Å². The van der Waals surface area contributed by atoms with Crippen molar-refractivity contribution in [1.82, 2.24) is 5.32 Å². The molecule has 0 spiro atoms. The molecule has 108 valence electrons. The van der Waals surface area contributed by atoms with Crippen molar-refractivity contribution in [2.24, 2.45) is 0 Å². The van der Waals surface area contributed by atoms with Crippen molar-refractivity contribution in [2.75, 3.05) is 6.54 Å². The molecule has 1 nitrogen and oxygen atoms in total. The Morgan fingerprint density at radius 3 is 2.75 bits per heavy atom. The van der Waals surface area contributed by atoms with E-state index in [9.17, 15) is 8.78 Å². The number of nitrogens with one attached hydrogen (secondary N) is 1. The van der Waals surface area contributed by atoms with Crippen LogP contribution in [-0.2, 0) is 0 Å². The first-order valence-electron chi connectivity index (χ1n) is 6.15. The highest BCUT2D eigenvalue weighted by atomic mass is 127. The highest BCUT2D eigenvalue weighted by molar-refractivity contribution is 14.1. The zero-order valence-electron chi connectivity index (χ0n) is 10.7. The van der Waals surface area contributed by atoms with E-state index in [0.29, 0.717) is 6.54 Å². The third-order valence-corrected chi connectivity index (χ3v) is 5.31. The molecule has 0 bridgehead atoms. The van der Waals surface area contributed by atoms with Crippen LogP contribution >= 0.6 is 49.9 Å². The molecule has 1 unspecified atom stereocenters. The van der Waals surface area contributed by atoms with E-state index in [2.05, 4.69) is 43.8 Å². The maximum atomic E-state index is 14.3. The summed E-state index contributed by atoms with van der Waals surface area (Å²) in [5, 5.41) is 5.17. The molecule has 1 heterocycles. The molecule has 0 radical (unpaired) electrons. The molecule has 0 aliphatic heterocycles. The zero-order valence-corrected chi connectivity index (χ0v) is 15.3. The monoisotopic (exact) mass is 471 g/mol. The number of hydrogen-bond acceptors (Lipinski definition) is 2. The lowest BCUT2D eigenvalue weighted by molar-refractivity contribution is 0.501. The van der Waals surface area contributed by atoms with Gasteiger partial charge in [0, 0.05) is 5.56 Å². The summed E-state index contributed by atoms with van der Waals surface area (Å²) in [5.74, 6) is -1.07. The van der Waals surface area contributed by atoms with Gasteiger partial charge in [0.05, 0.1) is 13.4 Å². The fourth-order valence-corrected chi connectivity index (χ4v) is 3.70. The van der Waals surface area contributed by atoms with Gasteiger partial charge in [-0.25, -0.2) is 8.78 Å². The largest absolute Gasteiger partial charge is 0.306 e. The Morgan fingerprint density at radius 1 is 1.40 bits per heavy atom. The van der Waals surface area contributed by atoms with Crippen molar-refractivity contribution in [2.45, 2.75) is 19.4 Å². The van der Waals surface area contributed by atoms with Crippen molar-refractivity contribution >= 4 is 49.9 Å². The first-order chi connectivity index (χ1) is 9.54. The van der Waals surface area contributed by atoms with Crippen LogP contribution in [-0.4, -0.2) is 6.54 Å². The Balaban J connectivity index is 2.49. The third kappa shape index (κ3) is 3.58. The maximum absolute atomic E-state index is 14.3. The van der Waals surface area contributed by atoms with Crippen LogP contribution in [0.4, 0.5) is 8.78 Å². The fourth-order valence-electron chi connectivity index (χ4n) is 1.96. The summed E-state index contributed by atoms with van der Waals surface area (Å²) >= 11 is 6.90. The molecule has 0 saturated carbocycles. The zero-order chi connectivity index (χ0) is 14.7. The summed E-state index contributed by atoms with van der Waals surface area (Å²) in [7, 11) is 0. The standard InChI is InChI=1S/C14H13BrF2INS/c1-2-5-19-14(8-6-11(18)20-7-8)12-10(16)4-3-9(15)13(12)17/h3-4,6-7,14,19H,2,5H2,1H3. The van der Waals surface area contributed by atoms with Gasteiger partial charge in [0.2, 0.25) is 0 Å². The van der Waals surface area contributed by atoms with Crippen LogP contribution in [0.1, 0.15) is 30.5 Å². The van der Waals surface area contributed by atoms with Crippen LogP contribution in [0.25, 0.3) is 0 Å². The summed E-state index contributed by atoms with van der Waals surface area (Å²) in [5.41, 5.74) is 0.964. The molecule has 1 aromatic carbocycles. The van der Waals surface area contributed by atoms with E-state index in [1.54, 1.807) is 11.3 Å². The maximum Gasteiger partial charge on any atom is 0.145 e. The fraction of sp³-hybridized carbons (Fsp3) is 0.286. The molecule has 0 saturated heterocycles. The van der Waals surface area contributed by atoms with Gasteiger partial charge in [0.15, 0.2) is 0 Å². The van der Waals surface area contributed by atoms with E-state index in [1.165, 1.54) is 12.1 Å². The first-order valence-corrected chi connectivity index (χ1v) is 8.90. The minimum Gasteiger partial charge on any atom is -0.306 e. The van der Waals surface area contributed by atoms with Crippen molar-refractivity contribution in [3.8, 4) is 0 Å². The second-order valence-electron chi connectivity index (χ2n) is 4.33. The number of halogens is 4. The lowest BCUT2D eigenvalue weighted by atomic mass is 10.00. The molecule has 2 aromatic rings. The summed E-state index contributed by atoms with van der Waals surface area (Å²) in [6.45, 7) is 2.72. The number of thiophene rings is 1. The lowest BCUT2D eigenvalue weighted by Gasteiger charge is -2.20. The summed E-state index contributed by atoms with van der Waals surface area (Å²) in [4.78, 5) is 0. The SMILES string of the molecule is CCCNC(c1csc(I)c1)c1c(F)ccc(Br)c1F. The number of benzene rings is 1. The Bertz CT molecular complexity index is 603. The Hall–Kier alpha value is -0.0500. The van der Waals surface area contributed by atoms with Gasteiger partial charge in [0.1, 0.15) is 11.6 Å². The minimum absolute atomic E-state index is 0.0713. The second-order valence-corrected chi connectivity index (χ2v) is 7.99. The number of rotatable bonds is 5. The predicted octanol–water partition coefficient (Wildman–Crippen LogP) is 5.48. The number of hydrogen-bond donors (Lipinski definition) is 1. The van der Waals surface area contributed by atoms with Crippen LogP contribution in [0.5, 0.6) is 0 Å². The Kier molecular flexibility index (Phi) is 5.95. The van der Waals surface area contributed by atoms with Gasteiger partial charge in [-0.05, 0) is 80.6 Å². The van der Waals surface area contributed by atoms with Crippen LogP contribution in [0.3, 0.4) is 0 Å². The van der Waals surface area contributed by atoms with Gasteiger partial charge >= 0.3 is 0 Å². The van der Waals surface area contributed by atoms with Gasteiger partial charge in [-0.1, -0.05) is 6.92 Å². The molecule has 0 aliphatic rings. The molecule has 6 heteroatoms. The molecule has 2 rings (SSSR count). The average molecular weight is 472 g/mol. The molecular formula is C14H13BrF2INS. The quantitative estimate of drug-likeness (QED) is 0.449. The molecule has 20 heavy (non-hydrogen) atoms. The van der Waals surface area contributed by atoms with Crippen molar-refractivity contribution in [1.29, 1.82) is 0 Å². The van der Waals surface area contributed by atoms with Gasteiger partial charge in [-0.15, -0.1) is 11.3 Å². The van der Waals surface area contributed by atoms with Gasteiger partial charge in [-0.2, -0.15) is 0 Å². The third-order valence-electron chi connectivity index (χ3n) is 2.89. The van der Waals surface area contributed by atoms with Gasteiger partial charge < -0.3 is 5.32 Å². The van der Waals surface area contributed by atoms with Gasteiger partial charge in [0.25, 0.3) is 0 Å². The van der Waals surface area contributed by atoms with Crippen molar-refractivity contribution < 1.29 is 8.78 Å². The normalized spacial score (nSPS) is 12.7. The summed E-state index contributed by atoms with van der Waals surface area (Å²) < 4.78 is 29.8. The molecule has 0 amide bonds. The minimum atomic E-state index is -0.542. The van der Waals surface area contributed by atoms with E-state index in [1.807, 2.05) is 18.4 Å². The average Bonchev–Trinajstić information content (AvgIpc) is 2.84. The molecule has 1 aromatic heterocycles. The van der Waals surface area contributed by atoms with Crippen LogP contribution in [0.15, 0.2) is 28.1 Å².